The molecule has 1 aliphatic heterocycles. The Bertz CT molecular complexity index is 626. The fourth-order valence-corrected chi connectivity index (χ4v) is 2.77. The molecule has 5 nitrogen and oxygen atoms in total. The topological polar surface area (TPSA) is 61.8 Å². The fourth-order valence-electron chi connectivity index (χ4n) is 2.43. The largest absolute Gasteiger partial charge is 0.302 e. The maximum Gasteiger partial charge on any atom is 0.247 e. The lowest BCUT2D eigenvalue weighted by Gasteiger charge is -2.30. The van der Waals surface area contributed by atoms with E-state index in [1.807, 2.05) is 30.3 Å². The van der Waals surface area contributed by atoms with Crippen LogP contribution in [0.1, 0.15) is 18.4 Å². The van der Waals surface area contributed by atoms with E-state index in [4.69, 9.17) is 12.2 Å². The average Bonchev–Trinajstić information content (AvgIpc) is 3.32. The second-order valence-corrected chi connectivity index (χ2v) is 5.89. The van der Waals surface area contributed by atoms with E-state index in [1.165, 1.54) is 16.7 Å². The number of carbonyl (C=O) groups is 2. The summed E-state index contributed by atoms with van der Waals surface area (Å²) in [5, 5.41) is 2.82. The number of nitrogens with zero attached hydrogens (tertiary/aromatic N) is 2. The van der Waals surface area contributed by atoms with Gasteiger partial charge in [0, 0.05) is 18.8 Å². The molecule has 2 amide bonds. The number of carbonyl (C=O) groups excluding carboxylic acids is 2. The van der Waals surface area contributed by atoms with Crippen LogP contribution >= 0.6 is 12.2 Å². The van der Waals surface area contributed by atoms with Crippen LogP contribution in [0.15, 0.2) is 35.3 Å². The van der Waals surface area contributed by atoms with Gasteiger partial charge in [-0.25, -0.2) is 0 Å². The summed E-state index contributed by atoms with van der Waals surface area (Å²) in [4.78, 5) is 30.1. The highest BCUT2D eigenvalue weighted by atomic mass is 32.1. The number of amides is 2. The molecule has 0 radical (unpaired) electrons. The number of nitrogens with one attached hydrogen (secondary N) is 1. The minimum Gasteiger partial charge on any atom is -0.302 e. The summed E-state index contributed by atoms with van der Waals surface area (Å²) in [7, 11) is 0. The molecule has 1 unspecified atom stereocenters. The van der Waals surface area contributed by atoms with Crippen molar-refractivity contribution in [2.45, 2.75) is 25.3 Å². The summed E-state index contributed by atoms with van der Waals surface area (Å²) in [6, 6.07) is 10.1. The molecule has 1 saturated carbocycles. The van der Waals surface area contributed by atoms with Crippen molar-refractivity contribution in [2.75, 3.05) is 6.54 Å². The molecule has 2 fully saturated rings. The molecule has 3 rings (SSSR count). The number of benzene rings is 1. The highest BCUT2D eigenvalue weighted by Gasteiger charge is 2.44. The summed E-state index contributed by atoms with van der Waals surface area (Å²) in [5.41, 5.74) is 1.18. The Balaban J connectivity index is 1.60. The summed E-state index contributed by atoms with van der Waals surface area (Å²) >= 11 is 5.08. The Hall–Kier alpha value is -2.08. The van der Waals surface area contributed by atoms with Gasteiger partial charge < -0.3 is 5.32 Å². The zero-order valence-corrected chi connectivity index (χ0v) is 12.9. The molecule has 22 heavy (non-hydrogen) atoms. The van der Waals surface area contributed by atoms with Crippen molar-refractivity contribution >= 4 is 35.4 Å². The van der Waals surface area contributed by atoms with Crippen molar-refractivity contribution in [1.29, 1.82) is 0 Å². The van der Waals surface area contributed by atoms with E-state index in [0.717, 1.165) is 19.3 Å². The maximum atomic E-state index is 12.4. The molecule has 1 aromatic rings. The van der Waals surface area contributed by atoms with Crippen LogP contribution in [0.3, 0.4) is 0 Å². The van der Waals surface area contributed by atoms with Crippen LogP contribution in [0.5, 0.6) is 0 Å². The van der Waals surface area contributed by atoms with Crippen LogP contribution in [-0.2, 0) is 16.0 Å². The van der Waals surface area contributed by atoms with Gasteiger partial charge in [0.25, 0.3) is 0 Å². The molecule has 0 aromatic heterocycles. The van der Waals surface area contributed by atoms with Gasteiger partial charge in [-0.2, -0.15) is 0 Å². The second kappa shape index (κ2) is 6.36. The lowest BCUT2D eigenvalue weighted by Crippen LogP contribution is -2.58. The zero-order chi connectivity index (χ0) is 15.5. The van der Waals surface area contributed by atoms with Gasteiger partial charge in [-0.3, -0.25) is 19.5 Å². The number of hydrogen-bond donors (Lipinski definition) is 1. The average molecular weight is 315 g/mol. The van der Waals surface area contributed by atoms with Crippen molar-refractivity contribution in [1.82, 2.24) is 10.2 Å². The summed E-state index contributed by atoms with van der Waals surface area (Å²) in [6.07, 6.45) is 4.13. The van der Waals surface area contributed by atoms with Crippen molar-refractivity contribution in [3.63, 3.8) is 0 Å². The van der Waals surface area contributed by atoms with E-state index in [-0.39, 0.29) is 23.0 Å². The van der Waals surface area contributed by atoms with Crippen molar-refractivity contribution in [3.8, 4) is 0 Å². The molecule has 1 N–H and O–H groups in total. The lowest BCUT2D eigenvalue weighted by atomic mass is 10.1. The van der Waals surface area contributed by atoms with E-state index >= 15 is 0 Å². The van der Waals surface area contributed by atoms with E-state index < -0.39 is 5.92 Å². The van der Waals surface area contributed by atoms with Gasteiger partial charge in [-0.15, -0.1) is 0 Å². The first-order valence-corrected chi connectivity index (χ1v) is 7.79. The molecule has 114 valence electrons. The van der Waals surface area contributed by atoms with Crippen molar-refractivity contribution in [3.05, 3.63) is 35.9 Å². The molecule has 1 saturated heterocycles. The van der Waals surface area contributed by atoms with Crippen LogP contribution < -0.4 is 5.32 Å². The lowest BCUT2D eigenvalue weighted by molar-refractivity contribution is -0.138. The van der Waals surface area contributed by atoms with E-state index in [2.05, 4.69) is 10.3 Å². The second-order valence-electron chi connectivity index (χ2n) is 5.50. The standard InChI is InChI=1S/C16H17N3O2S/c20-14-13(10-17-9-8-11-4-2-1-3-5-11)15(21)19(12-6-7-12)16(22)18-14/h1-5,10,12-13H,6-9H2,(H,18,20,22). The summed E-state index contributed by atoms with van der Waals surface area (Å²) < 4.78 is 0. The predicted octanol–water partition coefficient (Wildman–Crippen LogP) is 1.32. The number of hydrogen-bond acceptors (Lipinski definition) is 4. The van der Waals surface area contributed by atoms with Gasteiger partial charge in [-0.05, 0) is 37.0 Å². The minimum atomic E-state index is -0.858. The first-order chi connectivity index (χ1) is 10.7. The Morgan fingerprint density at radius 1 is 1.27 bits per heavy atom. The van der Waals surface area contributed by atoms with Crippen LogP contribution in [-0.4, -0.2) is 40.6 Å². The van der Waals surface area contributed by atoms with Crippen LogP contribution in [0, 0.1) is 5.92 Å². The third kappa shape index (κ3) is 3.22. The Kier molecular flexibility index (Phi) is 4.29. The zero-order valence-electron chi connectivity index (χ0n) is 12.1. The molecule has 0 spiro atoms. The van der Waals surface area contributed by atoms with Crippen molar-refractivity contribution < 1.29 is 9.59 Å². The third-order valence-electron chi connectivity index (χ3n) is 3.77. The van der Waals surface area contributed by atoms with Gasteiger partial charge in [0.2, 0.25) is 11.8 Å². The van der Waals surface area contributed by atoms with E-state index in [9.17, 15) is 9.59 Å². The summed E-state index contributed by atoms with van der Waals surface area (Å²) in [6.45, 7) is 0.551. The number of aliphatic imine (C=N–C) groups is 1. The molecule has 1 heterocycles. The molecule has 1 atom stereocenters. The number of rotatable bonds is 5. The quantitative estimate of drug-likeness (QED) is 0.506. The minimum absolute atomic E-state index is 0.154. The normalized spacial score (nSPS) is 22.3. The van der Waals surface area contributed by atoms with Crippen LogP contribution in [0.25, 0.3) is 0 Å². The van der Waals surface area contributed by atoms with Gasteiger partial charge >= 0.3 is 0 Å². The van der Waals surface area contributed by atoms with E-state index in [1.54, 1.807) is 0 Å². The van der Waals surface area contributed by atoms with Gasteiger partial charge in [-0.1, -0.05) is 30.3 Å². The highest BCUT2D eigenvalue weighted by Crippen LogP contribution is 2.29. The maximum absolute atomic E-state index is 12.4. The fraction of sp³-hybridized carbons (Fsp3) is 0.375. The molecule has 0 bridgehead atoms. The first kappa shape index (κ1) is 14.8. The van der Waals surface area contributed by atoms with Crippen LogP contribution in [0.4, 0.5) is 0 Å². The molecule has 2 aliphatic rings. The number of thiocarbonyl (C=S) groups is 1. The predicted molar refractivity (Wildman–Crippen MR) is 87.6 cm³/mol. The smallest absolute Gasteiger partial charge is 0.247 e. The summed E-state index contributed by atoms with van der Waals surface area (Å²) in [5.74, 6) is -1.49. The van der Waals surface area contributed by atoms with Gasteiger partial charge in [0.15, 0.2) is 11.0 Å². The molecule has 1 aromatic carbocycles. The van der Waals surface area contributed by atoms with Gasteiger partial charge in [0.05, 0.1) is 0 Å². The molecule has 1 aliphatic carbocycles. The Morgan fingerprint density at radius 2 is 2.00 bits per heavy atom. The first-order valence-electron chi connectivity index (χ1n) is 7.38. The van der Waals surface area contributed by atoms with Gasteiger partial charge in [0.1, 0.15) is 0 Å². The molecule has 6 heteroatoms. The van der Waals surface area contributed by atoms with E-state index in [0.29, 0.717) is 6.54 Å². The molecular weight excluding hydrogens is 298 g/mol. The Labute approximate surface area is 134 Å². The SMILES string of the molecule is O=C1NC(=S)N(C2CC2)C(=O)C1C=NCCc1ccccc1. The van der Waals surface area contributed by atoms with Crippen molar-refractivity contribution in [2.24, 2.45) is 10.9 Å². The monoisotopic (exact) mass is 315 g/mol. The molecular formula is C16H17N3O2S. The Morgan fingerprint density at radius 3 is 2.68 bits per heavy atom. The van der Waals surface area contributed by atoms with Crippen LogP contribution in [0.2, 0.25) is 0 Å². The highest BCUT2D eigenvalue weighted by molar-refractivity contribution is 7.80. The third-order valence-corrected chi connectivity index (χ3v) is 4.07.